The van der Waals surface area contributed by atoms with Crippen LogP contribution in [0.4, 0.5) is 8.78 Å². The molecular weight excluding hydrogens is 260 g/mol. The molecule has 0 unspecified atom stereocenters. The summed E-state index contributed by atoms with van der Waals surface area (Å²) in [5.41, 5.74) is 2.02. The van der Waals surface area contributed by atoms with Crippen molar-refractivity contribution in [2.45, 2.75) is 58.3 Å². The minimum Gasteiger partial charge on any atom is -0.492 e. The second-order valence-corrected chi connectivity index (χ2v) is 5.96. The summed E-state index contributed by atoms with van der Waals surface area (Å²) in [5, 5.41) is 0. The predicted octanol–water partition coefficient (Wildman–Crippen LogP) is 4.58. The molecule has 0 amide bonds. The van der Waals surface area contributed by atoms with Crippen LogP contribution < -0.4 is 4.74 Å². The van der Waals surface area contributed by atoms with Crippen LogP contribution in [0.3, 0.4) is 0 Å². The number of halogens is 2. The third kappa shape index (κ3) is 3.68. The van der Waals surface area contributed by atoms with Gasteiger partial charge in [0.05, 0.1) is 12.3 Å². The third-order valence-corrected chi connectivity index (χ3v) is 3.84. The Balaban J connectivity index is 1.86. The zero-order chi connectivity index (χ0) is 14.8. The largest absolute Gasteiger partial charge is 0.492 e. The summed E-state index contributed by atoms with van der Waals surface area (Å²) in [6.07, 6.45) is 1.55. The van der Waals surface area contributed by atoms with Crippen LogP contribution in [-0.2, 0) is 6.42 Å². The number of rotatable bonds is 6. The molecule has 2 rings (SSSR count). The van der Waals surface area contributed by atoms with Gasteiger partial charge in [-0.2, -0.15) is 0 Å². The highest BCUT2D eigenvalue weighted by Crippen LogP contribution is 2.43. The summed E-state index contributed by atoms with van der Waals surface area (Å²) < 4.78 is 31.2. The molecule has 0 N–H and O–H groups in total. The molecule has 0 bridgehead atoms. The van der Waals surface area contributed by atoms with Gasteiger partial charge in [0.15, 0.2) is 0 Å². The molecule has 112 valence electrons. The zero-order valence-electron chi connectivity index (χ0n) is 12.5. The lowest BCUT2D eigenvalue weighted by Crippen LogP contribution is -2.36. The molecule has 0 radical (unpaired) electrons. The number of nitrogens with zero attached hydrogens (tertiary/aromatic N) is 1. The molecule has 1 fully saturated rings. The van der Waals surface area contributed by atoms with Crippen molar-refractivity contribution in [2.75, 3.05) is 6.61 Å². The summed E-state index contributed by atoms with van der Waals surface area (Å²) in [4.78, 5) is 4.60. The van der Waals surface area contributed by atoms with E-state index >= 15 is 0 Å². The number of alkyl halides is 2. The molecule has 0 saturated heterocycles. The van der Waals surface area contributed by atoms with Gasteiger partial charge in [0, 0.05) is 18.5 Å². The van der Waals surface area contributed by atoms with Gasteiger partial charge >= 0.3 is 0 Å². The van der Waals surface area contributed by atoms with E-state index in [2.05, 4.69) is 18.8 Å². The molecule has 1 aromatic heterocycles. The number of aromatic nitrogens is 1. The number of aryl methyl sites for hydroxylation is 1. The monoisotopic (exact) mass is 283 g/mol. The Labute approximate surface area is 119 Å². The van der Waals surface area contributed by atoms with E-state index in [9.17, 15) is 8.78 Å². The van der Waals surface area contributed by atoms with Crippen LogP contribution in [0, 0.1) is 5.92 Å². The normalized spacial score (nSPS) is 18.1. The van der Waals surface area contributed by atoms with Crippen LogP contribution in [0.15, 0.2) is 12.1 Å². The topological polar surface area (TPSA) is 22.1 Å². The first-order valence-corrected chi connectivity index (χ1v) is 7.41. The van der Waals surface area contributed by atoms with Crippen LogP contribution in [0.2, 0.25) is 0 Å². The van der Waals surface area contributed by atoms with E-state index in [1.54, 1.807) is 0 Å². The average Bonchev–Trinajstić information content (AvgIpc) is 2.36. The van der Waals surface area contributed by atoms with Crippen molar-refractivity contribution in [3.63, 3.8) is 0 Å². The van der Waals surface area contributed by atoms with Crippen LogP contribution in [-0.4, -0.2) is 17.5 Å². The zero-order valence-corrected chi connectivity index (χ0v) is 12.5. The molecular formula is C16H23F2NO. The minimum atomic E-state index is -2.43. The lowest BCUT2D eigenvalue weighted by atomic mass is 9.79. The summed E-state index contributed by atoms with van der Waals surface area (Å²) in [7, 11) is 0. The van der Waals surface area contributed by atoms with Gasteiger partial charge in [-0.25, -0.2) is 8.78 Å². The average molecular weight is 283 g/mol. The number of hydrogen-bond donors (Lipinski definition) is 0. The standard InChI is InChI=1S/C16H23F2NO/c1-4-13-15(6-5-14(19-13)11(2)3)20-8-7-12-9-16(17,18)10-12/h5-6,11-12H,4,7-10H2,1-3H3. The van der Waals surface area contributed by atoms with E-state index in [1.807, 2.05) is 19.1 Å². The lowest BCUT2D eigenvalue weighted by molar-refractivity contribution is -0.113. The van der Waals surface area contributed by atoms with Crippen molar-refractivity contribution in [2.24, 2.45) is 5.92 Å². The molecule has 1 aliphatic carbocycles. The third-order valence-electron chi connectivity index (χ3n) is 3.84. The van der Waals surface area contributed by atoms with Gasteiger partial charge in [-0.15, -0.1) is 0 Å². The Hall–Kier alpha value is -1.19. The van der Waals surface area contributed by atoms with Gasteiger partial charge in [-0.05, 0) is 36.8 Å². The van der Waals surface area contributed by atoms with Gasteiger partial charge in [0.2, 0.25) is 5.92 Å². The van der Waals surface area contributed by atoms with Gasteiger partial charge in [-0.3, -0.25) is 4.98 Å². The molecule has 4 heteroatoms. The van der Waals surface area contributed by atoms with Crippen LogP contribution in [0.25, 0.3) is 0 Å². The Kier molecular flexibility index (Phi) is 4.61. The first kappa shape index (κ1) is 15.2. The Morgan fingerprint density at radius 3 is 2.60 bits per heavy atom. The van der Waals surface area contributed by atoms with Crippen molar-refractivity contribution in [3.8, 4) is 5.75 Å². The van der Waals surface area contributed by atoms with Gasteiger partial charge in [0.25, 0.3) is 0 Å². The number of hydrogen-bond acceptors (Lipinski definition) is 2. The fraction of sp³-hybridized carbons (Fsp3) is 0.688. The molecule has 1 heterocycles. The van der Waals surface area contributed by atoms with Crippen LogP contribution >= 0.6 is 0 Å². The van der Waals surface area contributed by atoms with E-state index in [1.165, 1.54) is 0 Å². The summed E-state index contributed by atoms with van der Waals surface area (Å²) in [5.74, 6) is -1.13. The Morgan fingerprint density at radius 1 is 1.35 bits per heavy atom. The Morgan fingerprint density at radius 2 is 2.05 bits per heavy atom. The van der Waals surface area contributed by atoms with E-state index in [4.69, 9.17) is 4.74 Å². The maximum Gasteiger partial charge on any atom is 0.248 e. The first-order chi connectivity index (χ1) is 9.41. The fourth-order valence-corrected chi connectivity index (χ4v) is 2.54. The van der Waals surface area contributed by atoms with Crippen molar-refractivity contribution >= 4 is 0 Å². The van der Waals surface area contributed by atoms with Gasteiger partial charge in [0.1, 0.15) is 5.75 Å². The van der Waals surface area contributed by atoms with E-state index in [0.29, 0.717) is 18.9 Å². The van der Waals surface area contributed by atoms with E-state index in [-0.39, 0.29) is 18.8 Å². The van der Waals surface area contributed by atoms with Crippen molar-refractivity contribution in [3.05, 3.63) is 23.5 Å². The number of pyridine rings is 1. The van der Waals surface area contributed by atoms with E-state index in [0.717, 1.165) is 23.6 Å². The minimum absolute atomic E-state index is 0.0154. The molecule has 0 aliphatic heterocycles. The molecule has 2 nitrogen and oxygen atoms in total. The first-order valence-electron chi connectivity index (χ1n) is 7.41. The predicted molar refractivity (Wildman–Crippen MR) is 75.5 cm³/mol. The summed E-state index contributed by atoms with van der Waals surface area (Å²) >= 11 is 0. The molecule has 0 atom stereocenters. The molecule has 20 heavy (non-hydrogen) atoms. The Bertz CT molecular complexity index is 452. The maximum atomic E-state index is 12.7. The molecule has 1 aromatic rings. The van der Waals surface area contributed by atoms with Crippen LogP contribution in [0.5, 0.6) is 5.75 Å². The molecule has 1 saturated carbocycles. The van der Waals surface area contributed by atoms with Crippen molar-refractivity contribution in [1.29, 1.82) is 0 Å². The van der Waals surface area contributed by atoms with Gasteiger partial charge < -0.3 is 4.74 Å². The molecule has 0 aromatic carbocycles. The smallest absolute Gasteiger partial charge is 0.248 e. The second kappa shape index (κ2) is 6.06. The summed E-state index contributed by atoms with van der Waals surface area (Å²) in [6.45, 7) is 6.76. The highest BCUT2D eigenvalue weighted by atomic mass is 19.3. The number of ether oxygens (including phenoxy) is 1. The SMILES string of the molecule is CCc1nc(C(C)C)ccc1OCCC1CC(F)(F)C1. The van der Waals surface area contributed by atoms with Crippen LogP contribution in [0.1, 0.15) is 57.3 Å². The lowest BCUT2D eigenvalue weighted by Gasteiger charge is -2.34. The van der Waals surface area contributed by atoms with Gasteiger partial charge in [-0.1, -0.05) is 20.8 Å². The fourth-order valence-electron chi connectivity index (χ4n) is 2.54. The quantitative estimate of drug-likeness (QED) is 0.762. The molecule has 0 spiro atoms. The maximum absolute atomic E-state index is 12.7. The highest BCUT2D eigenvalue weighted by Gasteiger charge is 2.44. The van der Waals surface area contributed by atoms with Crippen molar-refractivity contribution in [1.82, 2.24) is 4.98 Å². The summed E-state index contributed by atoms with van der Waals surface area (Å²) in [6, 6.07) is 3.94. The second-order valence-electron chi connectivity index (χ2n) is 5.96. The molecule has 1 aliphatic rings. The van der Waals surface area contributed by atoms with E-state index < -0.39 is 5.92 Å². The highest BCUT2D eigenvalue weighted by molar-refractivity contribution is 5.30. The van der Waals surface area contributed by atoms with Crippen molar-refractivity contribution < 1.29 is 13.5 Å².